The molecule has 0 aromatic carbocycles. The lowest BCUT2D eigenvalue weighted by Crippen LogP contribution is -2.15. The number of rotatable bonds is 9. The molecule has 3 rings (SSSR count). The highest BCUT2D eigenvalue weighted by Crippen LogP contribution is 2.20. The number of carbonyl (C=O) groups is 2. The van der Waals surface area contributed by atoms with Crippen molar-refractivity contribution in [3.05, 3.63) is 69.1 Å². The monoisotopic (exact) mass is 415 g/mol. The molecule has 0 aliphatic rings. The number of anilines is 1. The van der Waals surface area contributed by atoms with Gasteiger partial charge in [-0.15, -0.1) is 29.3 Å². The van der Waals surface area contributed by atoms with Crippen LogP contribution in [0.15, 0.2) is 41.6 Å². The number of thiophene rings is 1. The van der Waals surface area contributed by atoms with Crippen LogP contribution in [0.1, 0.15) is 37.1 Å². The van der Waals surface area contributed by atoms with E-state index in [9.17, 15) is 9.59 Å². The standard InChI is InChI=1S/C20H21N3O3S2/c1-4-7-21-20-22-17(12-28-20)19(25)26-11-18(24)16-9-13(2)23(14(16)3)10-15-6-5-8-27-15/h4-6,8-9,12H,1,7,10-11H2,2-3H3,(H,21,22). The Morgan fingerprint density at radius 1 is 1.36 bits per heavy atom. The maximum Gasteiger partial charge on any atom is 0.358 e. The molecule has 3 aromatic heterocycles. The first-order chi connectivity index (χ1) is 13.5. The Bertz CT molecular complexity index is 987. The van der Waals surface area contributed by atoms with E-state index in [1.165, 1.54) is 16.2 Å². The Labute approximate surface area is 171 Å². The number of hydrogen-bond donors (Lipinski definition) is 1. The van der Waals surface area contributed by atoms with Crippen LogP contribution in [-0.2, 0) is 11.3 Å². The zero-order valence-electron chi connectivity index (χ0n) is 15.7. The van der Waals surface area contributed by atoms with Crippen LogP contribution in [0.4, 0.5) is 5.13 Å². The van der Waals surface area contributed by atoms with Gasteiger partial charge in [-0.05, 0) is 31.4 Å². The third-order valence-corrected chi connectivity index (χ3v) is 5.87. The quantitative estimate of drug-likeness (QED) is 0.320. The summed E-state index contributed by atoms with van der Waals surface area (Å²) >= 11 is 2.98. The molecule has 6 nitrogen and oxygen atoms in total. The highest BCUT2D eigenvalue weighted by atomic mass is 32.1. The van der Waals surface area contributed by atoms with Crippen LogP contribution in [-0.4, -0.2) is 34.5 Å². The van der Waals surface area contributed by atoms with E-state index in [0.717, 1.165) is 17.9 Å². The van der Waals surface area contributed by atoms with E-state index in [1.807, 2.05) is 31.4 Å². The van der Waals surface area contributed by atoms with E-state index in [-0.39, 0.29) is 18.1 Å². The van der Waals surface area contributed by atoms with Gasteiger partial charge in [-0.25, -0.2) is 9.78 Å². The highest BCUT2D eigenvalue weighted by molar-refractivity contribution is 7.13. The largest absolute Gasteiger partial charge is 0.453 e. The lowest BCUT2D eigenvalue weighted by molar-refractivity contribution is 0.0469. The molecule has 0 atom stereocenters. The van der Waals surface area contributed by atoms with Crippen molar-refractivity contribution in [2.24, 2.45) is 0 Å². The first-order valence-electron chi connectivity index (χ1n) is 8.69. The number of Topliss-reactive ketones (excluding diaryl/α,β-unsaturated/α-hetero) is 1. The summed E-state index contributed by atoms with van der Waals surface area (Å²) in [5.41, 5.74) is 2.63. The summed E-state index contributed by atoms with van der Waals surface area (Å²) < 4.78 is 7.27. The van der Waals surface area contributed by atoms with Gasteiger partial charge in [0.05, 0.1) is 6.54 Å². The maximum absolute atomic E-state index is 12.6. The van der Waals surface area contributed by atoms with Gasteiger partial charge in [0.1, 0.15) is 0 Å². The zero-order valence-corrected chi connectivity index (χ0v) is 17.4. The van der Waals surface area contributed by atoms with Crippen molar-refractivity contribution < 1.29 is 14.3 Å². The predicted molar refractivity (Wildman–Crippen MR) is 113 cm³/mol. The van der Waals surface area contributed by atoms with E-state index in [2.05, 4.69) is 27.5 Å². The highest BCUT2D eigenvalue weighted by Gasteiger charge is 2.19. The van der Waals surface area contributed by atoms with Crippen LogP contribution in [0, 0.1) is 13.8 Å². The first kappa shape index (κ1) is 20.0. The van der Waals surface area contributed by atoms with Gasteiger partial charge in [-0.1, -0.05) is 12.1 Å². The summed E-state index contributed by atoms with van der Waals surface area (Å²) in [4.78, 5) is 30.1. The smallest absolute Gasteiger partial charge is 0.358 e. The molecule has 0 unspecified atom stereocenters. The van der Waals surface area contributed by atoms with Gasteiger partial charge in [0, 0.05) is 33.8 Å². The number of carbonyl (C=O) groups excluding carboxylic acids is 2. The molecule has 3 aromatic rings. The molecule has 0 saturated carbocycles. The van der Waals surface area contributed by atoms with Gasteiger partial charge in [-0.2, -0.15) is 0 Å². The summed E-state index contributed by atoms with van der Waals surface area (Å²) in [6.07, 6.45) is 1.70. The normalized spacial score (nSPS) is 10.6. The van der Waals surface area contributed by atoms with Crippen LogP contribution in [0.5, 0.6) is 0 Å². The van der Waals surface area contributed by atoms with Crippen molar-refractivity contribution in [2.75, 3.05) is 18.5 Å². The Hall–Kier alpha value is -2.71. The predicted octanol–water partition coefficient (Wildman–Crippen LogP) is 4.31. The fourth-order valence-electron chi connectivity index (χ4n) is 2.78. The van der Waals surface area contributed by atoms with E-state index < -0.39 is 5.97 Å². The number of hydrogen-bond acceptors (Lipinski definition) is 7. The van der Waals surface area contributed by atoms with Crippen LogP contribution in [0.2, 0.25) is 0 Å². The lowest BCUT2D eigenvalue weighted by atomic mass is 10.1. The molecule has 0 spiro atoms. The average molecular weight is 416 g/mol. The Balaban J connectivity index is 1.62. The number of ether oxygens (including phenoxy) is 1. The summed E-state index contributed by atoms with van der Waals surface area (Å²) in [6.45, 7) is 8.46. The van der Waals surface area contributed by atoms with Gasteiger partial charge >= 0.3 is 5.97 Å². The zero-order chi connectivity index (χ0) is 20.1. The van der Waals surface area contributed by atoms with Crippen molar-refractivity contribution in [1.29, 1.82) is 0 Å². The number of nitrogens with zero attached hydrogens (tertiary/aromatic N) is 2. The molecule has 0 fully saturated rings. The molecule has 3 heterocycles. The lowest BCUT2D eigenvalue weighted by Gasteiger charge is -2.08. The SMILES string of the molecule is C=CCNc1nc(C(=O)OCC(=O)c2cc(C)n(Cc3cccs3)c2C)cs1. The second-order valence-electron chi connectivity index (χ2n) is 6.16. The van der Waals surface area contributed by atoms with Crippen LogP contribution >= 0.6 is 22.7 Å². The summed E-state index contributed by atoms with van der Waals surface area (Å²) in [5, 5.41) is 7.25. The topological polar surface area (TPSA) is 73.2 Å². The van der Waals surface area contributed by atoms with E-state index in [4.69, 9.17) is 4.74 Å². The minimum Gasteiger partial charge on any atom is -0.453 e. The second kappa shape index (κ2) is 8.99. The van der Waals surface area contributed by atoms with E-state index >= 15 is 0 Å². The number of aromatic nitrogens is 2. The van der Waals surface area contributed by atoms with Crippen molar-refractivity contribution in [3.63, 3.8) is 0 Å². The Kier molecular flexibility index (Phi) is 6.43. The fourth-order valence-corrected chi connectivity index (χ4v) is 4.16. The molecule has 146 valence electrons. The number of nitrogens with one attached hydrogen (secondary N) is 1. The molecule has 0 aliphatic heterocycles. The molecule has 0 aliphatic carbocycles. The molecule has 0 bridgehead atoms. The fraction of sp³-hybridized carbons (Fsp3) is 0.250. The number of thiazole rings is 1. The van der Waals surface area contributed by atoms with Gasteiger partial charge in [-0.3, -0.25) is 4.79 Å². The molecular formula is C20H21N3O3S2. The number of esters is 1. The van der Waals surface area contributed by atoms with Crippen molar-refractivity contribution in [1.82, 2.24) is 9.55 Å². The molecule has 8 heteroatoms. The van der Waals surface area contributed by atoms with E-state index in [1.54, 1.807) is 22.8 Å². The first-order valence-corrected chi connectivity index (χ1v) is 10.4. The van der Waals surface area contributed by atoms with Crippen molar-refractivity contribution >= 4 is 39.6 Å². The van der Waals surface area contributed by atoms with Gasteiger partial charge in [0.25, 0.3) is 0 Å². The molecular weight excluding hydrogens is 394 g/mol. The summed E-state index contributed by atoms with van der Waals surface area (Å²) in [7, 11) is 0. The molecule has 0 amide bonds. The number of aryl methyl sites for hydroxylation is 1. The molecule has 1 N–H and O–H groups in total. The molecule has 0 radical (unpaired) electrons. The van der Waals surface area contributed by atoms with Gasteiger partial charge in [0.15, 0.2) is 17.4 Å². The summed E-state index contributed by atoms with van der Waals surface area (Å²) in [6, 6.07) is 5.93. The second-order valence-corrected chi connectivity index (χ2v) is 8.05. The third-order valence-electron chi connectivity index (χ3n) is 4.21. The van der Waals surface area contributed by atoms with Crippen LogP contribution < -0.4 is 5.32 Å². The average Bonchev–Trinajstić information content (AvgIpc) is 3.42. The number of ketones is 1. The van der Waals surface area contributed by atoms with Crippen LogP contribution in [0.25, 0.3) is 0 Å². The third kappa shape index (κ3) is 4.58. The van der Waals surface area contributed by atoms with E-state index in [0.29, 0.717) is 17.2 Å². The Morgan fingerprint density at radius 2 is 2.18 bits per heavy atom. The van der Waals surface area contributed by atoms with Gasteiger partial charge < -0.3 is 14.6 Å². The van der Waals surface area contributed by atoms with Crippen molar-refractivity contribution in [3.8, 4) is 0 Å². The Morgan fingerprint density at radius 3 is 2.89 bits per heavy atom. The minimum absolute atomic E-state index is 0.188. The maximum atomic E-state index is 12.6. The molecule has 0 saturated heterocycles. The van der Waals surface area contributed by atoms with Crippen molar-refractivity contribution in [2.45, 2.75) is 20.4 Å². The van der Waals surface area contributed by atoms with Gasteiger partial charge in [0.2, 0.25) is 5.78 Å². The summed E-state index contributed by atoms with van der Waals surface area (Å²) in [5.74, 6) is -0.831. The minimum atomic E-state index is -0.608. The van der Waals surface area contributed by atoms with Crippen LogP contribution in [0.3, 0.4) is 0 Å². The molecule has 28 heavy (non-hydrogen) atoms.